The van der Waals surface area contributed by atoms with Crippen molar-refractivity contribution in [3.8, 4) is 0 Å². The smallest absolute Gasteiger partial charge is 0.183 e. The SMILES string of the molecule is CC(C)CCC(C)Nc1c(N)ccc(F)c1F. The lowest BCUT2D eigenvalue weighted by atomic mass is 10.0. The van der Waals surface area contributed by atoms with Crippen LogP contribution in [0.2, 0.25) is 0 Å². The van der Waals surface area contributed by atoms with Gasteiger partial charge in [0.25, 0.3) is 0 Å². The molecule has 0 aliphatic heterocycles. The van der Waals surface area contributed by atoms with Crippen LogP contribution >= 0.6 is 0 Å². The minimum Gasteiger partial charge on any atom is -0.397 e. The van der Waals surface area contributed by atoms with Crippen molar-refractivity contribution in [2.24, 2.45) is 5.92 Å². The summed E-state index contributed by atoms with van der Waals surface area (Å²) in [6.45, 7) is 6.19. The second-order valence-electron chi connectivity index (χ2n) is 4.84. The molecule has 0 aliphatic carbocycles. The van der Waals surface area contributed by atoms with E-state index in [1.54, 1.807) is 0 Å². The van der Waals surface area contributed by atoms with Crippen molar-refractivity contribution in [3.63, 3.8) is 0 Å². The molecule has 0 amide bonds. The van der Waals surface area contributed by atoms with Crippen LogP contribution in [0.1, 0.15) is 33.6 Å². The molecule has 96 valence electrons. The fourth-order valence-electron chi connectivity index (χ4n) is 1.61. The van der Waals surface area contributed by atoms with E-state index >= 15 is 0 Å². The number of hydrogen-bond acceptors (Lipinski definition) is 2. The van der Waals surface area contributed by atoms with E-state index in [0.717, 1.165) is 18.9 Å². The molecule has 0 bridgehead atoms. The number of anilines is 2. The van der Waals surface area contributed by atoms with E-state index in [1.807, 2.05) is 6.92 Å². The molecule has 1 unspecified atom stereocenters. The minimum atomic E-state index is -0.901. The van der Waals surface area contributed by atoms with Gasteiger partial charge in [-0.15, -0.1) is 0 Å². The molecule has 0 aromatic heterocycles. The molecule has 0 spiro atoms. The summed E-state index contributed by atoms with van der Waals surface area (Å²) in [5.74, 6) is -1.19. The molecule has 0 saturated heterocycles. The van der Waals surface area contributed by atoms with Gasteiger partial charge in [0.2, 0.25) is 0 Å². The van der Waals surface area contributed by atoms with Gasteiger partial charge in [-0.05, 0) is 37.8 Å². The van der Waals surface area contributed by atoms with Gasteiger partial charge in [0.05, 0.1) is 11.4 Å². The second-order valence-corrected chi connectivity index (χ2v) is 4.84. The zero-order valence-corrected chi connectivity index (χ0v) is 10.6. The van der Waals surface area contributed by atoms with E-state index in [2.05, 4.69) is 19.2 Å². The molecule has 2 nitrogen and oxygen atoms in total. The standard InChI is InChI=1S/C13H20F2N2/c1-8(2)4-5-9(3)17-13-11(16)7-6-10(14)12(13)15/h6-9,17H,4-5,16H2,1-3H3. The topological polar surface area (TPSA) is 38.0 Å². The highest BCUT2D eigenvalue weighted by molar-refractivity contribution is 5.67. The lowest BCUT2D eigenvalue weighted by molar-refractivity contribution is 0.504. The van der Waals surface area contributed by atoms with E-state index in [-0.39, 0.29) is 17.4 Å². The van der Waals surface area contributed by atoms with Crippen LogP contribution in [-0.4, -0.2) is 6.04 Å². The van der Waals surface area contributed by atoms with E-state index in [9.17, 15) is 8.78 Å². The lowest BCUT2D eigenvalue weighted by Gasteiger charge is -2.18. The number of nitrogens with two attached hydrogens (primary N) is 1. The average Bonchev–Trinajstić information content (AvgIpc) is 2.27. The fourth-order valence-corrected chi connectivity index (χ4v) is 1.61. The van der Waals surface area contributed by atoms with Gasteiger partial charge >= 0.3 is 0 Å². The summed E-state index contributed by atoms with van der Waals surface area (Å²) in [7, 11) is 0. The molecule has 1 rings (SSSR count). The Labute approximate surface area is 101 Å². The largest absolute Gasteiger partial charge is 0.397 e. The van der Waals surface area contributed by atoms with Crippen LogP contribution in [-0.2, 0) is 0 Å². The van der Waals surface area contributed by atoms with Gasteiger partial charge in [-0.25, -0.2) is 8.78 Å². The molecule has 17 heavy (non-hydrogen) atoms. The average molecular weight is 242 g/mol. The predicted octanol–water partition coefficient (Wildman–Crippen LogP) is 3.78. The summed E-state index contributed by atoms with van der Waals surface area (Å²) in [5.41, 5.74) is 5.93. The fraction of sp³-hybridized carbons (Fsp3) is 0.538. The Balaban J connectivity index is 2.71. The normalized spacial score (nSPS) is 12.8. The molecule has 0 aliphatic rings. The highest BCUT2D eigenvalue weighted by Gasteiger charge is 2.14. The molecule has 1 aromatic rings. The van der Waals surface area contributed by atoms with Gasteiger partial charge < -0.3 is 11.1 Å². The van der Waals surface area contributed by atoms with Crippen LogP contribution in [0.5, 0.6) is 0 Å². The van der Waals surface area contributed by atoms with Crippen molar-refractivity contribution in [2.75, 3.05) is 11.1 Å². The number of benzene rings is 1. The van der Waals surface area contributed by atoms with Gasteiger partial charge in [0.1, 0.15) is 0 Å². The van der Waals surface area contributed by atoms with Crippen molar-refractivity contribution in [1.82, 2.24) is 0 Å². The monoisotopic (exact) mass is 242 g/mol. The van der Waals surface area contributed by atoms with E-state index < -0.39 is 11.6 Å². The summed E-state index contributed by atoms with van der Waals surface area (Å²) < 4.78 is 26.6. The van der Waals surface area contributed by atoms with Crippen LogP contribution in [0.4, 0.5) is 20.2 Å². The second kappa shape index (κ2) is 5.84. The number of nitrogen functional groups attached to an aromatic ring is 1. The maximum absolute atomic E-state index is 13.5. The number of hydrogen-bond donors (Lipinski definition) is 2. The molecular formula is C13H20F2N2. The number of halogens is 2. The molecule has 0 heterocycles. The van der Waals surface area contributed by atoms with Crippen LogP contribution in [0.15, 0.2) is 12.1 Å². The van der Waals surface area contributed by atoms with Crippen LogP contribution in [0, 0.1) is 17.6 Å². The Morgan fingerprint density at radius 2 is 1.82 bits per heavy atom. The van der Waals surface area contributed by atoms with Crippen molar-refractivity contribution >= 4 is 11.4 Å². The molecule has 1 atom stereocenters. The van der Waals surface area contributed by atoms with Gasteiger partial charge in [0.15, 0.2) is 11.6 Å². The third-order valence-corrected chi connectivity index (χ3v) is 2.69. The number of rotatable bonds is 5. The first-order valence-electron chi connectivity index (χ1n) is 5.91. The van der Waals surface area contributed by atoms with Gasteiger partial charge in [-0.2, -0.15) is 0 Å². The Bertz CT molecular complexity index is 378. The van der Waals surface area contributed by atoms with E-state index in [1.165, 1.54) is 6.07 Å². The molecular weight excluding hydrogens is 222 g/mol. The zero-order valence-electron chi connectivity index (χ0n) is 10.6. The van der Waals surface area contributed by atoms with Crippen molar-refractivity contribution in [1.29, 1.82) is 0 Å². The first kappa shape index (κ1) is 13.7. The van der Waals surface area contributed by atoms with Crippen molar-refractivity contribution < 1.29 is 8.78 Å². The van der Waals surface area contributed by atoms with Crippen molar-refractivity contribution in [2.45, 2.75) is 39.7 Å². The summed E-state index contributed by atoms with van der Waals surface area (Å²) in [4.78, 5) is 0. The molecule has 3 N–H and O–H groups in total. The highest BCUT2D eigenvalue weighted by Crippen LogP contribution is 2.26. The third-order valence-electron chi connectivity index (χ3n) is 2.69. The number of nitrogens with one attached hydrogen (secondary N) is 1. The highest BCUT2D eigenvalue weighted by atomic mass is 19.2. The maximum atomic E-state index is 13.5. The summed E-state index contributed by atoms with van der Waals surface area (Å²) in [6.07, 6.45) is 1.93. The van der Waals surface area contributed by atoms with E-state index in [4.69, 9.17) is 5.73 Å². The first-order chi connectivity index (χ1) is 7.91. The van der Waals surface area contributed by atoms with Gasteiger partial charge in [-0.3, -0.25) is 0 Å². The molecule has 1 aromatic carbocycles. The first-order valence-corrected chi connectivity index (χ1v) is 5.91. The van der Waals surface area contributed by atoms with E-state index in [0.29, 0.717) is 5.92 Å². The van der Waals surface area contributed by atoms with Crippen LogP contribution in [0.25, 0.3) is 0 Å². The third kappa shape index (κ3) is 3.88. The summed E-state index contributed by atoms with van der Waals surface area (Å²) in [6, 6.07) is 2.47. The summed E-state index contributed by atoms with van der Waals surface area (Å²) >= 11 is 0. The molecule has 4 heteroatoms. The zero-order chi connectivity index (χ0) is 13.0. The summed E-state index contributed by atoms with van der Waals surface area (Å²) in [5, 5.41) is 2.93. The van der Waals surface area contributed by atoms with Gasteiger partial charge in [0, 0.05) is 6.04 Å². The molecule has 0 saturated carbocycles. The molecule has 0 radical (unpaired) electrons. The maximum Gasteiger partial charge on any atom is 0.183 e. The Morgan fingerprint density at radius 1 is 1.18 bits per heavy atom. The Morgan fingerprint density at radius 3 is 2.41 bits per heavy atom. The lowest BCUT2D eigenvalue weighted by Crippen LogP contribution is -2.18. The predicted molar refractivity (Wildman–Crippen MR) is 67.9 cm³/mol. The van der Waals surface area contributed by atoms with Crippen LogP contribution < -0.4 is 11.1 Å². The van der Waals surface area contributed by atoms with Crippen molar-refractivity contribution in [3.05, 3.63) is 23.8 Å². The van der Waals surface area contributed by atoms with Gasteiger partial charge in [-0.1, -0.05) is 13.8 Å². The molecule has 0 fully saturated rings. The quantitative estimate of drug-likeness (QED) is 0.771. The Hall–Kier alpha value is -1.32. The minimum absolute atomic E-state index is 0.0657. The van der Waals surface area contributed by atoms with Crippen LogP contribution in [0.3, 0.4) is 0 Å². The Kier molecular flexibility index (Phi) is 4.73.